The van der Waals surface area contributed by atoms with Crippen LogP contribution in [-0.4, -0.2) is 68.7 Å². The molecule has 0 spiro atoms. The minimum absolute atomic E-state index is 0.0235. The first kappa shape index (κ1) is 21.8. The number of carboxylic acids is 1. The molecule has 1 saturated carbocycles. The average Bonchev–Trinajstić information content (AvgIpc) is 3.55. The largest absolute Gasteiger partial charge is 0.481 e. The van der Waals surface area contributed by atoms with E-state index in [2.05, 4.69) is 20.8 Å². The van der Waals surface area contributed by atoms with Crippen LogP contribution in [0.25, 0.3) is 0 Å². The highest BCUT2D eigenvalue weighted by molar-refractivity contribution is 5.78. The van der Waals surface area contributed by atoms with E-state index in [9.17, 15) is 14.7 Å². The number of fused-ring (bicyclic) bond motifs is 1. The van der Waals surface area contributed by atoms with Crippen molar-refractivity contribution in [2.75, 3.05) is 13.2 Å². The van der Waals surface area contributed by atoms with Gasteiger partial charge in [0.05, 0.1) is 25.7 Å². The zero-order valence-electron chi connectivity index (χ0n) is 18.1. The first-order valence-corrected chi connectivity index (χ1v) is 11.3. The van der Waals surface area contributed by atoms with Crippen molar-refractivity contribution in [1.29, 1.82) is 0 Å². The fourth-order valence-corrected chi connectivity index (χ4v) is 5.33. The van der Waals surface area contributed by atoms with Crippen molar-refractivity contribution in [2.45, 2.75) is 62.8 Å². The Kier molecular flexibility index (Phi) is 5.98. The van der Waals surface area contributed by atoms with Crippen molar-refractivity contribution in [3.8, 4) is 11.8 Å². The number of hydrogen-bond donors (Lipinski definition) is 2. The van der Waals surface area contributed by atoms with E-state index in [0.717, 1.165) is 25.7 Å². The molecule has 3 aliphatic rings. The molecule has 1 aromatic heterocycles. The van der Waals surface area contributed by atoms with Crippen LogP contribution in [0.2, 0.25) is 0 Å². The molecule has 33 heavy (non-hydrogen) atoms. The second-order valence-corrected chi connectivity index (χ2v) is 9.11. The number of para-hydroxylation sites is 1. The van der Waals surface area contributed by atoms with Gasteiger partial charge in [0, 0.05) is 6.42 Å². The maximum Gasteiger partial charge on any atom is 0.341 e. The summed E-state index contributed by atoms with van der Waals surface area (Å²) in [4.78, 5) is 24.2. The fourth-order valence-electron chi connectivity index (χ4n) is 5.33. The topological polar surface area (TPSA) is 138 Å². The summed E-state index contributed by atoms with van der Waals surface area (Å²) >= 11 is 0. The number of benzene rings is 1. The minimum Gasteiger partial charge on any atom is -0.481 e. The van der Waals surface area contributed by atoms with Crippen LogP contribution in [0.3, 0.4) is 0 Å². The van der Waals surface area contributed by atoms with Gasteiger partial charge in [-0.3, -0.25) is 9.59 Å². The van der Waals surface area contributed by atoms with Crippen molar-refractivity contribution in [3.05, 3.63) is 30.3 Å². The van der Waals surface area contributed by atoms with Crippen LogP contribution in [0.1, 0.15) is 44.6 Å². The maximum absolute atomic E-state index is 12.8. The molecule has 4 atom stereocenters. The van der Waals surface area contributed by atoms with Gasteiger partial charge in [0.25, 0.3) is 0 Å². The third-order valence-corrected chi connectivity index (χ3v) is 6.83. The Bertz CT molecular complexity index is 992. The van der Waals surface area contributed by atoms with E-state index in [4.69, 9.17) is 14.2 Å². The van der Waals surface area contributed by atoms with Crippen LogP contribution in [0.15, 0.2) is 30.3 Å². The predicted octanol–water partition coefficient (Wildman–Crippen LogP) is 1.71. The lowest BCUT2D eigenvalue weighted by Gasteiger charge is -2.27. The third-order valence-electron chi connectivity index (χ3n) is 6.83. The predicted molar refractivity (Wildman–Crippen MR) is 113 cm³/mol. The van der Waals surface area contributed by atoms with Gasteiger partial charge in [0.2, 0.25) is 5.91 Å². The normalized spacial score (nSPS) is 27.9. The number of ether oxygens (including phenoxy) is 3. The molecule has 1 aliphatic carbocycles. The monoisotopic (exact) mass is 457 g/mol. The summed E-state index contributed by atoms with van der Waals surface area (Å²) in [5.41, 5.74) is -0.454. The second kappa shape index (κ2) is 9.06. The van der Waals surface area contributed by atoms with Crippen LogP contribution < -0.4 is 10.1 Å². The molecule has 1 amide bonds. The van der Waals surface area contributed by atoms with Gasteiger partial charge in [-0.25, -0.2) is 0 Å². The Morgan fingerprint density at radius 3 is 2.64 bits per heavy atom. The van der Waals surface area contributed by atoms with E-state index >= 15 is 0 Å². The molecule has 4 unspecified atom stereocenters. The van der Waals surface area contributed by atoms with Crippen molar-refractivity contribution in [2.24, 2.45) is 5.41 Å². The van der Waals surface area contributed by atoms with Crippen LogP contribution in [0.4, 0.5) is 0 Å². The van der Waals surface area contributed by atoms with Gasteiger partial charge in [-0.1, -0.05) is 36.1 Å². The average molecular weight is 457 g/mol. The molecular weight excluding hydrogens is 430 g/mol. The molecule has 0 bridgehead atoms. The number of carboxylic acid groups (broad SMARTS) is 1. The number of nitrogens with zero attached hydrogens (tertiary/aromatic N) is 4. The van der Waals surface area contributed by atoms with Crippen molar-refractivity contribution < 1.29 is 28.9 Å². The van der Waals surface area contributed by atoms with E-state index in [0.29, 0.717) is 19.0 Å². The van der Waals surface area contributed by atoms with Gasteiger partial charge in [-0.15, -0.1) is 0 Å². The summed E-state index contributed by atoms with van der Waals surface area (Å²) in [6, 6.07) is 8.86. The fraction of sp³-hybridized carbons (Fsp3) is 0.591. The number of aliphatic carboxylic acids is 1. The van der Waals surface area contributed by atoms with Gasteiger partial charge in [0.1, 0.15) is 24.0 Å². The first-order valence-electron chi connectivity index (χ1n) is 11.3. The quantitative estimate of drug-likeness (QED) is 0.607. The molecule has 2 aliphatic heterocycles. The summed E-state index contributed by atoms with van der Waals surface area (Å²) in [5, 5.41) is 24.1. The van der Waals surface area contributed by atoms with E-state index in [-0.39, 0.29) is 49.1 Å². The lowest BCUT2D eigenvalue weighted by atomic mass is 9.79. The maximum atomic E-state index is 12.8. The number of nitrogens with one attached hydrogen (secondary N) is 1. The van der Waals surface area contributed by atoms with Crippen molar-refractivity contribution in [3.63, 3.8) is 0 Å². The molecule has 0 radical (unpaired) electrons. The number of tetrazole rings is 1. The van der Waals surface area contributed by atoms with E-state index in [1.165, 1.54) is 0 Å². The van der Waals surface area contributed by atoms with Gasteiger partial charge in [0.15, 0.2) is 0 Å². The van der Waals surface area contributed by atoms with Crippen molar-refractivity contribution in [1.82, 2.24) is 25.5 Å². The lowest BCUT2D eigenvalue weighted by molar-refractivity contribution is -0.140. The van der Waals surface area contributed by atoms with E-state index in [1.807, 2.05) is 30.3 Å². The number of rotatable bonds is 8. The molecule has 11 heteroatoms. The number of carbonyl (C=O) groups is 2. The summed E-state index contributed by atoms with van der Waals surface area (Å²) < 4.78 is 19.3. The molecule has 5 rings (SSSR count). The highest BCUT2D eigenvalue weighted by atomic mass is 16.6. The Hall–Kier alpha value is -3.05. The summed E-state index contributed by atoms with van der Waals surface area (Å²) in [6.45, 7) is 0.626. The van der Waals surface area contributed by atoms with Crippen LogP contribution in [0.5, 0.6) is 11.8 Å². The van der Waals surface area contributed by atoms with Crippen molar-refractivity contribution >= 4 is 11.9 Å². The number of carbonyl (C=O) groups excluding carboxylic acids is 1. The summed E-state index contributed by atoms with van der Waals surface area (Å²) in [7, 11) is 0. The zero-order chi connectivity index (χ0) is 22.8. The summed E-state index contributed by atoms with van der Waals surface area (Å²) in [5.74, 6) is -0.399. The lowest BCUT2D eigenvalue weighted by Crippen LogP contribution is -2.45. The highest BCUT2D eigenvalue weighted by Gasteiger charge is 2.50. The Morgan fingerprint density at radius 1 is 1.12 bits per heavy atom. The van der Waals surface area contributed by atoms with Gasteiger partial charge >= 0.3 is 12.0 Å². The smallest absolute Gasteiger partial charge is 0.341 e. The molecule has 2 aromatic rings. The Labute approximate surface area is 190 Å². The zero-order valence-corrected chi connectivity index (χ0v) is 18.1. The van der Waals surface area contributed by atoms with Crippen LogP contribution >= 0.6 is 0 Å². The SMILES string of the molecule is O=C(O)CC1(CC(=O)NC2COC3C2OCC3n2nnnc2Oc2ccccc2)CCCC1. The first-order chi connectivity index (χ1) is 16.0. The second-order valence-electron chi connectivity index (χ2n) is 9.11. The molecule has 2 saturated heterocycles. The molecule has 3 fully saturated rings. The number of hydrogen-bond acceptors (Lipinski definition) is 8. The Morgan fingerprint density at radius 2 is 1.88 bits per heavy atom. The molecular formula is C22H27N5O6. The number of amides is 1. The molecule has 2 N–H and O–H groups in total. The Balaban J connectivity index is 1.22. The molecule has 1 aromatic carbocycles. The third kappa shape index (κ3) is 4.55. The van der Waals surface area contributed by atoms with Crippen LogP contribution in [-0.2, 0) is 19.1 Å². The molecule has 176 valence electrons. The van der Waals surface area contributed by atoms with E-state index < -0.39 is 11.4 Å². The minimum atomic E-state index is -0.856. The van der Waals surface area contributed by atoms with Crippen LogP contribution in [0, 0.1) is 5.41 Å². The molecule has 3 heterocycles. The highest BCUT2D eigenvalue weighted by Crippen LogP contribution is 2.44. The number of aromatic nitrogens is 4. The molecule has 11 nitrogen and oxygen atoms in total. The van der Waals surface area contributed by atoms with Gasteiger partial charge in [-0.2, -0.15) is 4.68 Å². The van der Waals surface area contributed by atoms with E-state index in [1.54, 1.807) is 4.68 Å². The van der Waals surface area contributed by atoms with Gasteiger partial charge < -0.3 is 24.6 Å². The standard InChI is InChI=1S/C22H27N5O6/c28-17(10-22(11-18(29)30)8-4-5-9-22)23-15-12-31-20-16(13-32-19(15)20)27-21(24-25-26-27)33-14-6-2-1-3-7-14/h1-3,6-7,15-16,19-20H,4-5,8-13H2,(H,23,28)(H,29,30). The summed E-state index contributed by atoms with van der Waals surface area (Å²) in [6.07, 6.45) is 3.01. The van der Waals surface area contributed by atoms with Gasteiger partial charge in [-0.05, 0) is 40.8 Å².